The summed E-state index contributed by atoms with van der Waals surface area (Å²) in [7, 11) is 2.03. The molecule has 0 saturated heterocycles. The third-order valence-electron chi connectivity index (χ3n) is 4.27. The number of ether oxygens (including phenoxy) is 1. The minimum Gasteiger partial charge on any atom is -0.490 e. The van der Waals surface area contributed by atoms with Crippen molar-refractivity contribution in [3.05, 3.63) is 65.7 Å². The number of benzene rings is 2. The van der Waals surface area contributed by atoms with Crippen LogP contribution in [-0.4, -0.2) is 19.2 Å². The lowest BCUT2D eigenvalue weighted by Gasteiger charge is -2.14. The Bertz CT molecular complexity index is 550. The molecule has 0 aliphatic heterocycles. The number of nitrogens with one attached hydrogen (secondary N) is 1. The van der Waals surface area contributed by atoms with Crippen LogP contribution in [0.5, 0.6) is 5.75 Å². The first-order valence-corrected chi connectivity index (χ1v) is 7.80. The zero-order chi connectivity index (χ0) is 14.5. The van der Waals surface area contributed by atoms with Gasteiger partial charge in [0.2, 0.25) is 0 Å². The van der Waals surface area contributed by atoms with Gasteiger partial charge in [0.1, 0.15) is 11.9 Å². The molecule has 0 bridgehead atoms. The summed E-state index contributed by atoms with van der Waals surface area (Å²) >= 11 is 0. The zero-order valence-electron chi connectivity index (χ0n) is 12.6. The van der Waals surface area contributed by atoms with Gasteiger partial charge in [-0.1, -0.05) is 42.5 Å². The van der Waals surface area contributed by atoms with E-state index in [1.54, 1.807) is 0 Å². The third-order valence-corrected chi connectivity index (χ3v) is 4.27. The van der Waals surface area contributed by atoms with Crippen LogP contribution < -0.4 is 10.1 Å². The Kier molecular flexibility index (Phi) is 4.56. The van der Waals surface area contributed by atoms with E-state index < -0.39 is 0 Å². The Hall–Kier alpha value is -1.80. The zero-order valence-corrected chi connectivity index (χ0v) is 12.6. The van der Waals surface area contributed by atoms with Gasteiger partial charge in [-0.25, -0.2) is 0 Å². The molecule has 2 unspecified atom stereocenters. The van der Waals surface area contributed by atoms with Crippen LogP contribution in [0.4, 0.5) is 0 Å². The van der Waals surface area contributed by atoms with Gasteiger partial charge in [-0.05, 0) is 56.0 Å². The van der Waals surface area contributed by atoms with E-state index in [4.69, 9.17) is 4.74 Å². The van der Waals surface area contributed by atoms with Crippen LogP contribution >= 0.6 is 0 Å². The Balaban J connectivity index is 1.57. The molecule has 1 fully saturated rings. The van der Waals surface area contributed by atoms with E-state index in [1.807, 2.05) is 7.05 Å². The largest absolute Gasteiger partial charge is 0.490 e. The van der Waals surface area contributed by atoms with Crippen molar-refractivity contribution in [1.82, 2.24) is 5.32 Å². The second-order valence-electron chi connectivity index (χ2n) is 5.84. The molecule has 0 spiro atoms. The summed E-state index contributed by atoms with van der Waals surface area (Å²) in [5.41, 5.74) is 2.67. The summed E-state index contributed by atoms with van der Waals surface area (Å²) in [6.07, 6.45) is 4.82. The predicted octanol–water partition coefficient (Wildman–Crippen LogP) is 3.80. The van der Waals surface area contributed by atoms with Gasteiger partial charge in [0.05, 0.1) is 0 Å². The number of hydrogen-bond donors (Lipinski definition) is 1. The molecule has 1 N–H and O–H groups in total. The SMILES string of the molecule is CNC1CCC(Oc2ccc(Cc3ccccc3)cc2)C1. The predicted molar refractivity (Wildman–Crippen MR) is 86.8 cm³/mol. The molecule has 0 aromatic heterocycles. The van der Waals surface area contributed by atoms with Crippen LogP contribution in [0, 0.1) is 0 Å². The van der Waals surface area contributed by atoms with Crippen molar-refractivity contribution in [2.75, 3.05) is 7.05 Å². The Morgan fingerprint density at radius 2 is 1.67 bits per heavy atom. The van der Waals surface area contributed by atoms with Gasteiger partial charge in [-0.2, -0.15) is 0 Å². The molecule has 110 valence electrons. The fourth-order valence-corrected chi connectivity index (χ4v) is 3.02. The number of hydrogen-bond acceptors (Lipinski definition) is 2. The van der Waals surface area contributed by atoms with Gasteiger partial charge in [0, 0.05) is 6.04 Å². The lowest BCUT2D eigenvalue weighted by atomic mass is 10.1. The molecular formula is C19H23NO. The standard InChI is InChI=1S/C19H23NO/c1-20-17-9-12-19(14-17)21-18-10-7-16(8-11-18)13-15-5-3-2-4-6-15/h2-8,10-11,17,19-20H,9,12-14H2,1H3. The minimum atomic E-state index is 0.363. The highest BCUT2D eigenvalue weighted by Crippen LogP contribution is 2.25. The van der Waals surface area contributed by atoms with Crippen molar-refractivity contribution in [3.63, 3.8) is 0 Å². The fourth-order valence-electron chi connectivity index (χ4n) is 3.02. The van der Waals surface area contributed by atoms with Crippen LogP contribution in [0.3, 0.4) is 0 Å². The number of rotatable bonds is 5. The van der Waals surface area contributed by atoms with E-state index in [0.717, 1.165) is 25.0 Å². The molecule has 0 radical (unpaired) electrons. The summed E-state index contributed by atoms with van der Waals surface area (Å²) in [5.74, 6) is 0.994. The lowest BCUT2D eigenvalue weighted by molar-refractivity contribution is 0.206. The quantitative estimate of drug-likeness (QED) is 0.900. The molecule has 2 aromatic rings. The van der Waals surface area contributed by atoms with Gasteiger partial charge >= 0.3 is 0 Å². The smallest absolute Gasteiger partial charge is 0.119 e. The van der Waals surface area contributed by atoms with Crippen molar-refractivity contribution < 1.29 is 4.74 Å². The third kappa shape index (κ3) is 3.85. The topological polar surface area (TPSA) is 21.3 Å². The summed E-state index contributed by atoms with van der Waals surface area (Å²) in [6.45, 7) is 0. The maximum atomic E-state index is 6.07. The van der Waals surface area contributed by atoms with E-state index in [1.165, 1.54) is 17.5 Å². The van der Waals surface area contributed by atoms with Crippen LogP contribution in [0.25, 0.3) is 0 Å². The highest BCUT2D eigenvalue weighted by Gasteiger charge is 2.24. The van der Waals surface area contributed by atoms with E-state index in [-0.39, 0.29) is 0 Å². The van der Waals surface area contributed by atoms with Crippen LogP contribution in [0.15, 0.2) is 54.6 Å². The maximum Gasteiger partial charge on any atom is 0.119 e. The molecule has 2 heteroatoms. The lowest BCUT2D eigenvalue weighted by Crippen LogP contribution is -2.23. The first kappa shape index (κ1) is 14.2. The monoisotopic (exact) mass is 281 g/mol. The van der Waals surface area contributed by atoms with Crippen molar-refractivity contribution >= 4 is 0 Å². The van der Waals surface area contributed by atoms with E-state index in [2.05, 4.69) is 59.9 Å². The molecule has 0 heterocycles. The molecular weight excluding hydrogens is 258 g/mol. The molecule has 2 atom stereocenters. The second kappa shape index (κ2) is 6.77. The van der Waals surface area contributed by atoms with Gasteiger partial charge in [-0.3, -0.25) is 0 Å². The van der Waals surface area contributed by atoms with Gasteiger partial charge in [-0.15, -0.1) is 0 Å². The van der Waals surface area contributed by atoms with Crippen LogP contribution in [0.1, 0.15) is 30.4 Å². The summed E-state index contributed by atoms with van der Waals surface area (Å²) < 4.78 is 6.07. The van der Waals surface area contributed by atoms with Crippen molar-refractivity contribution in [3.8, 4) is 5.75 Å². The van der Waals surface area contributed by atoms with Gasteiger partial charge in [0.25, 0.3) is 0 Å². The van der Waals surface area contributed by atoms with E-state index in [9.17, 15) is 0 Å². The van der Waals surface area contributed by atoms with Crippen molar-refractivity contribution in [2.24, 2.45) is 0 Å². The molecule has 1 saturated carbocycles. The maximum absolute atomic E-state index is 6.07. The molecule has 2 aromatic carbocycles. The van der Waals surface area contributed by atoms with Crippen LogP contribution in [0.2, 0.25) is 0 Å². The molecule has 21 heavy (non-hydrogen) atoms. The van der Waals surface area contributed by atoms with Crippen LogP contribution in [-0.2, 0) is 6.42 Å². The Labute approximate surface area is 127 Å². The van der Waals surface area contributed by atoms with E-state index >= 15 is 0 Å². The summed E-state index contributed by atoms with van der Waals surface area (Å²) in [6, 6.07) is 19.7. The summed E-state index contributed by atoms with van der Waals surface area (Å²) in [4.78, 5) is 0. The summed E-state index contributed by atoms with van der Waals surface area (Å²) in [5, 5.41) is 3.34. The normalized spacial score (nSPS) is 21.4. The first-order valence-electron chi connectivity index (χ1n) is 7.80. The Morgan fingerprint density at radius 1 is 0.952 bits per heavy atom. The fraction of sp³-hybridized carbons (Fsp3) is 0.368. The Morgan fingerprint density at radius 3 is 2.33 bits per heavy atom. The second-order valence-corrected chi connectivity index (χ2v) is 5.84. The molecule has 3 rings (SSSR count). The highest BCUT2D eigenvalue weighted by atomic mass is 16.5. The molecule has 1 aliphatic rings. The van der Waals surface area contributed by atoms with Crippen molar-refractivity contribution in [1.29, 1.82) is 0 Å². The van der Waals surface area contributed by atoms with Gasteiger partial charge in [0.15, 0.2) is 0 Å². The highest BCUT2D eigenvalue weighted by molar-refractivity contribution is 5.31. The average Bonchev–Trinajstić information content (AvgIpc) is 2.98. The van der Waals surface area contributed by atoms with E-state index in [0.29, 0.717) is 12.1 Å². The van der Waals surface area contributed by atoms with Gasteiger partial charge < -0.3 is 10.1 Å². The first-order chi connectivity index (χ1) is 10.3. The average molecular weight is 281 g/mol. The molecule has 2 nitrogen and oxygen atoms in total. The minimum absolute atomic E-state index is 0.363. The molecule has 0 amide bonds. The van der Waals surface area contributed by atoms with Crippen molar-refractivity contribution in [2.45, 2.75) is 37.8 Å². The molecule has 1 aliphatic carbocycles.